The molecule has 130 valence electrons. The maximum Gasteiger partial charge on any atom is 0.264 e. The summed E-state index contributed by atoms with van der Waals surface area (Å²) in [6.45, 7) is 3.43. The van der Waals surface area contributed by atoms with Crippen molar-refractivity contribution in [3.63, 3.8) is 0 Å². The number of amides is 2. The van der Waals surface area contributed by atoms with E-state index in [4.69, 9.17) is 4.74 Å². The quantitative estimate of drug-likeness (QED) is 0.777. The van der Waals surface area contributed by atoms with Crippen LogP contribution >= 0.6 is 11.3 Å². The van der Waals surface area contributed by atoms with Gasteiger partial charge in [-0.1, -0.05) is 0 Å². The van der Waals surface area contributed by atoms with Crippen molar-refractivity contribution in [2.45, 2.75) is 38.3 Å². The smallest absolute Gasteiger partial charge is 0.264 e. The fraction of sp³-hybridized carbons (Fsp3) is 0.588. The van der Waals surface area contributed by atoms with E-state index in [0.717, 1.165) is 25.9 Å². The van der Waals surface area contributed by atoms with E-state index in [9.17, 15) is 14.4 Å². The Hall–Kier alpha value is -1.73. The molecule has 2 saturated heterocycles. The highest BCUT2D eigenvalue weighted by molar-refractivity contribution is 7.15. The number of nitrogens with zero attached hydrogens (tertiary/aromatic N) is 2. The first-order chi connectivity index (χ1) is 11.5. The van der Waals surface area contributed by atoms with E-state index in [2.05, 4.69) is 0 Å². The number of hydrogen-bond donors (Lipinski definition) is 0. The summed E-state index contributed by atoms with van der Waals surface area (Å²) in [5, 5.41) is 0. The van der Waals surface area contributed by atoms with Crippen LogP contribution in [0, 0.1) is 0 Å². The molecule has 2 fully saturated rings. The zero-order valence-corrected chi connectivity index (χ0v) is 14.8. The van der Waals surface area contributed by atoms with E-state index in [0.29, 0.717) is 22.7 Å². The van der Waals surface area contributed by atoms with Gasteiger partial charge in [-0.2, -0.15) is 0 Å². The molecule has 2 aliphatic heterocycles. The molecule has 7 heteroatoms. The molecule has 0 radical (unpaired) electrons. The van der Waals surface area contributed by atoms with Gasteiger partial charge in [-0.25, -0.2) is 0 Å². The van der Waals surface area contributed by atoms with Crippen LogP contribution in [0.5, 0.6) is 0 Å². The van der Waals surface area contributed by atoms with Gasteiger partial charge >= 0.3 is 0 Å². The highest BCUT2D eigenvalue weighted by Gasteiger charge is 2.42. The molecule has 0 unspecified atom stereocenters. The van der Waals surface area contributed by atoms with Gasteiger partial charge < -0.3 is 14.5 Å². The van der Waals surface area contributed by atoms with Crippen molar-refractivity contribution >= 4 is 28.9 Å². The molecule has 2 amide bonds. The Morgan fingerprint density at radius 3 is 2.42 bits per heavy atom. The Morgan fingerprint density at radius 1 is 1.17 bits per heavy atom. The third-order valence-corrected chi connectivity index (χ3v) is 5.90. The lowest BCUT2D eigenvalue weighted by molar-refractivity contribution is -0.134. The molecule has 1 aromatic rings. The number of carbonyl (C=O) groups excluding carboxylic acids is 3. The van der Waals surface area contributed by atoms with Gasteiger partial charge in [0.25, 0.3) is 5.91 Å². The number of methoxy groups -OCH3 is 1. The Labute approximate surface area is 145 Å². The third-order valence-electron chi connectivity index (χ3n) is 4.72. The standard InChI is InChI=1S/C17H22N2O4S/c1-11(20)14-5-6-15(24-14)17(22)19-10-12(23-2)9-13(19)16(21)18-7-3-4-8-18/h5-6,12-13H,3-4,7-10H2,1-2H3/t12-,13-/m0/s1. The number of Topliss-reactive ketones (excluding diaryl/α,β-unsaturated/α-hetero) is 1. The summed E-state index contributed by atoms with van der Waals surface area (Å²) in [4.78, 5) is 41.6. The predicted molar refractivity (Wildman–Crippen MR) is 90.4 cm³/mol. The lowest BCUT2D eigenvalue weighted by Gasteiger charge is -2.27. The van der Waals surface area contributed by atoms with Crippen LogP contribution < -0.4 is 0 Å². The van der Waals surface area contributed by atoms with E-state index in [1.807, 2.05) is 4.90 Å². The summed E-state index contributed by atoms with van der Waals surface area (Å²) >= 11 is 1.18. The molecular weight excluding hydrogens is 328 g/mol. The molecule has 0 aliphatic carbocycles. The second kappa shape index (κ2) is 7.03. The lowest BCUT2D eigenvalue weighted by atomic mass is 10.1. The van der Waals surface area contributed by atoms with Crippen LogP contribution in [0.2, 0.25) is 0 Å². The Bertz CT molecular complexity index is 651. The van der Waals surface area contributed by atoms with Gasteiger partial charge in [0.05, 0.1) is 15.9 Å². The number of rotatable bonds is 4. The lowest BCUT2D eigenvalue weighted by Crippen LogP contribution is -2.46. The number of ketones is 1. The third kappa shape index (κ3) is 3.23. The first-order valence-corrected chi connectivity index (χ1v) is 9.06. The van der Waals surface area contributed by atoms with Crippen LogP contribution in [-0.2, 0) is 9.53 Å². The maximum absolute atomic E-state index is 12.9. The van der Waals surface area contributed by atoms with Crippen molar-refractivity contribution in [2.24, 2.45) is 0 Å². The first-order valence-electron chi connectivity index (χ1n) is 8.24. The molecular formula is C17H22N2O4S. The highest BCUT2D eigenvalue weighted by Crippen LogP contribution is 2.27. The molecule has 3 rings (SSSR count). The van der Waals surface area contributed by atoms with Crippen LogP contribution in [0.25, 0.3) is 0 Å². The number of carbonyl (C=O) groups is 3. The van der Waals surface area contributed by atoms with Crippen LogP contribution in [0.1, 0.15) is 45.5 Å². The highest BCUT2D eigenvalue weighted by atomic mass is 32.1. The zero-order valence-electron chi connectivity index (χ0n) is 14.0. The summed E-state index contributed by atoms with van der Waals surface area (Å²) in [5.74, 6) is -0.228. The minimum Gasteiger partial charge on any atom is -0.380 e. The maximum atomic E-state index is 12.9. The van der Waals surface area contributed by atoms with Crippen LogP contribution in [0.4, 0.5) is 0 Å². The van der Waals surface area contributed by atoms with Gasteiger partial charge in [-0.15, -0.1) is 11.3 Å². The largest absolute Gasteiger partial charge is 0.380 e. The van der Waals surface area contributed by atoms with E-state index < -0.39 is 6.04 Å². The van der Waals surface area contributed by atoms with E-state index >= 15 is 0 Å². The van der Waals surface area contributed by atoms with Gasteiger partial charge in [-0.3, -0.25) is 14.4 Å². The SMILES string of the molecule is CO[C@H]1C[C@@H](C(=O)N2CCCC2)N(C(=O)c2ccc(C(C)=O)s2)C1. The van der Waals surface area contributed by atoms with E-state index in [1.165, 1.54) is 18.3 Å². The van der Waals surface area contributed by atoms with Gasteiger partial charge in [0.1, 0.15) is 6.04 Å². The van der Waals surface area contributed by atoms with Crippen LogP contribution in [0.15, 0.2) is 12.1 Å². The van der Waals surface area contributed by atoms with Crippen LogP contribution in [-0.4, -0.2) is 66.3 Å². The van der Waals surface area contributed by atoms with E-state index in [-0.39, 0.29) is 23.7 Å². The normalized spacial score (nSPS) is 23.8. The van der Waals surface area contributed by atoms with Gasteiger partial charge in [0.2, 0.25) is 5.91 Å². The van der Waals surface area contributed by atoms with Crippen molar-refractivity contribution in [1.29, 1.82) is 0 Å². The Kier molecular flexibility index (Phi) is 5.01. The average Bonchev–Trinajstić information content (AvgIpc) is 3.33. The minimum absolute atomic E-state index is 0.0174. The van der Waals surface area contributed by atoms with Crippen LogP contribution in [0.3, 0.4) is 0 Å². The molecule has 6 nitrogen and oxygen atoms in total. The zero-order chi connectivity index (χ0) is 17.3. The second-order valence-electron chi connectivity index (χ2n) is 6.32. The average molecular weight is 350 g/mol. The van der Waals surface area contributed by atoms with Crippen molar-refractivity contribution in [3.05, 3.63) is 21.9 Å². The van der Waals surface area contributed by atoms with Crippen molar-refractivity contribution in [3.8, 4) is 0 Å². The summed E-state index contributed by atoms with van der Waals surface area (Å²) in [7, 11) is 1.61. The summed E-state index contributed by atoms with van der Waals surface area (Å²) < 4.78 is 5.40. The summed E-state index contributed by atoms with van der Waals surface area (Å²) in [5.41, 5.74) is 0. The van der Waals surface area contributed by atoms with Crippen molar-refractivity contribution in [2.75, 3.05) is 26.7 Å². The fourth-order valence-corrected chi connectivity index (χ4v) is 4.22. The van der Waals surface area contributed by atoms with Crippen molar-refractivity contribution < 1.29 is 19.1 Å². The molecule has 0 N–H and O–H groups in total. The second-order valence-corrected chi connectivity index (χ2v) is 7.40. The predicted octanol–water partition coefficient (Wildman–Crippen LogP) is 1.80. The molecule has 2 aliphatic rings. The first kappa shape index (κ1) is 17.1. The van der Waals surface area contributed by atoms with E-state index in [1.54, 1.807) is 24.1 Å². The summed E-state index contributed by atoms with van der Waals surface area (Å²) in [6, 6.07) is 2.87. The molecule has 2 atom stereocenters. The monoisotopic (exact) mass is 350 g/mol. The molecule has 3 heterocycles. The van der Waals surface area contributed by atoms with Gasteiger partial charge in [0.15, 0.2) is 5.78 Å². The molecule has 0 spiro atoms. The molecule has 0 aromatic carbocycles. The number of thiophene rings is 1. The van der Waals surface area contributed by atoms with Gasteiger partial charge in [-0.05, 0) is 31.9 Å². The number of ether oxygens (including phenoxy) is 1. The topological polar surface area (TPSA) is 66.9 Å². The minimum atomic E-state index is -0.469. The fourth-order valence-electron chi connectivity index (χ4n) is 3.36. The summed E-state index contributed by atoms with van der Waals surface area (Å²) in [6.07, 6.45) is 2.44. The number of likely N-dealkylation sites (tertiary alicyclic amines) is 2. The molecule has 1 aromatic heterocycles. The molecule has 0 saturated carbocycles. The number of hydrogen-bond acceptors (Lipinski definition) is 5. The molecule has 24 heavy (non-hydrogen) atoms. The molecule has 0 bridgehead atoms. The van der Waals surface area contributed by atoms with Gasteiger partial charge in [0, 0.05) is 33.2 Å². The Morgan fingerprint density at radius 2 is 1.83 bits per heavy atom. The van der Waals surface area contributed by atoms with Crippen molar-refractivity contribution in [1.82, 2.24) is 9.80 Å². The Balaban J connectivity index is 1.80.